The molecule has 0 fully saturated rings. The molecule has 17 nitrogen and oxygen atoms in total. The molecule has 540 valence electrons. The molecule has 0 radical (unpaired) electrons. The Labute approximate surface area is 556 Å². The SMILES string of the molecule is CC(C)CCCCCCCCCCCCCCCCC(=O)O[C@H](COC(=O)CCCCCCCCC(C)C)COP(=O)(O)OCC(O)COP(=O)(O)OC[C@@H](COC(=O)CCCCCCCCCCCCCCC(C)C)OC(=O)CCCCCCCCCC(C)C. The van der Waals surface area contributed by atoms with E-state index < -0.39 is 97.5 Å². The fourth-order valence-corrected chi connectivity index (χ4v) is 12.4. The van der Waals surface area contributed by atoms with Crippen molar-refractivity contribution in [2.75, 3.05) is 39.6 Å². The number of phosphoric ester groups is 2. The van der Waals surface area contributed by atoms with Crippen LogP contribution in [0.25, 0.3) is 0 Å². The van der Waals surface area contributed by atoms with Gasteiger partial charge in [-0.1, -0.05) is 306 Å². The summed E-state index contributed by atoms with van der Waals surface area (Å²) < 4.78 is 68.3. The van der Waals surface area contributed by atoms with Gasteiger partial charge in [0.2, 0.25) is 0 Å². The fourth-order valence-electron chi connectivity index (χ4n) is 10.8. The van der Waals surface area contributed by atoms with Gasteiger partial charge in [-0.2, -0.15) is 0 Å². The zero-order chi connectivity index (χ0) is 67.5. The first-order valence-corrected chi connectivity index (χ1v) is 40.2. The largest absolute Gasteiger partial charge is 0.472 e. The minimum Gasteiger partial charge on any atom is -0.462 e. The van der Waals surface area contributed by atoms with Gasteiger partial charge in [-0.05, 0) is 49.4 Å². The second kappa shape index (κ2) is 61.6. The maximum atomic E-state index is 13.0. The smallest absolute Gasteiger partial charge is 0.462 e. The Kier molecular flexibility index (Phi) is 60.3. The monoisotopic (exact) mass is 1340 g/mol. The van der Waals surface area contributed by atoms with Crippen molar-refractivity contribution in [3.8, 4) is 0 Å². The molecule has 3 N–H and O–H groups in total. The molecule has 0 bridgehead atoms. The lowest BCUT2D eigenvalue weighted by atomic mass is 10.0. The highest BCUT2D eigenvalue weighted by Gasteiger charge is 2.30. The zero-order valence-corrected chi connectivity index (χ0v) is 61.3. The predicted molar refractivity (Wildman–Crippen MR) is 367 cm³/mol. The van der Waals surface area contributed by atoms with Crippen LogP contribution in [0.4, 0.5) is 0 Å². The van der Waals surface area contributed by atoms with Crippen LogP contribution in [0.1, 0.15) is 357 Å². The molecule has 0 aliphatic carbocycles. The van der Waals surface area contributed by atoms with Gasteiger partial charge in [-0.3, -0.25) is 37.3 Å². The lowest BCUT2D eigenvalue weighted by Crippen LogP contribution is -2.30. The van der Waals surface area contributed by atoms with E-state index in [4.69, 9.17) is 37.0 Å². The summed E-state index contributed by atoms with van der Waals surface area (Å²) in [6, 6.07) is 0. The summed E-state index contributed by atoms with van der Waals surface area (Å²) in [7, 11) is -9.90. The maximum Gasteiger partial charge on any atom is 0.472 e. The Hall–Kier alpha value is -1.94. The Bertz CT molecular complexity index is 1800. The van der Waals surface area contributed by atoms with Gasteiger partial charge in [-0.25, -0.2) is 9.13 Å². The molecule has 5 atom stereocenters. The van der Waals surface area contributed by atoms with Crippen LogP contribution in [0.15, 0.2) is 0 Å². The first-order valence-electron chi connectivity index (χ1n) is 37.2. The van der Waals surface area contributed by atoms with E-state index in [1.807, 2.05) is 0 Å². The molecule has 0 heterocycles. The van der Waals surface area contributed by atoms with Crippen molar-refractivity contribution >= 4 is 39.5 Å². The number of hydrogen-bond donors (Lipinski definition) is 3. The van der Waals surface area contributed by atoms with Crippen LogP contribution < -0.4 is 0 Å². The minimum absolute atomic E-state index is 0.103. The van der Waals surface area contributed by atoms with Crippen LogP contribution in [-0.4, -0.2) is 96.7 Å². The second-order valence-electron chi connectivity index (χ2n) is 27.9. The number of carbonyl (C=O) groups is 4. The Morgan fingerprint density at radius 2 is 0.462 bits per heavy atom. The van der Waals surface area contributed by atoms with E-state index in [2.05, 4.69) is 55.4 Å². The number of unbranched alkanes of at least 4 members (excludes halogenated alkanes) is 35. The number of esters is 4. The normalized spacial score (nSPS) is 14.2. The van der Waals surface area contributed by atoms with E-state index in [9.17, 15) is 43.2 Å². The molecule has 3 unspecified atom stereocenters. The van der Waals surface area contributed by atoms with Crippen LogP contribution in [-0.2, 0) is 65.4 Å². The third-order valence-corrected chi connectivity index (χ3v) is 18.5. The standard InChI is InChI=1S/C72H140O17P2/c1-62(2)48-40-32-24-19-15-11-9-10-12-18-22-28-38-46-54-71(76)88-68(59-83-70(75)53-45-37-31-30-35-43-51-65(7)8)61-87-91(80,81)85-57-66(73)56-84-90(78,79)86-60-67(89-72(77)55-47-39-29-23-26-34-42-50-64(5)6)58-82-69(74)52-44-36-27-21-17-14-13-16-20-25-33-41-49-63(3)4/h62-68,73H,9-61H2,1-8H3,(H,78,79)(H,80,81)/t66?,67-,68-/m1/s1. The molecule has 0 saturated carbocycles. The molecule has 19 heteroatoms. The number of ether oxygens (including phenoxy) is 4. The fraction of sp³-hybridized carbons (Fsp3) is 0.944. The number of aliphatic hydroxyl groups is 1. The first-order chi connectivity index (χ1) is 43.6. The summed E-state index contributed by atoms with van der Waals surface area (Å²) >= 11 is 0. The van der Waals surface area contributed by atoms with Gasteiger partial charge in [0.1, 0.15) is 19.3 Å². The van der Waals surface area contributed by atoms with Crippen LogP contribution in [0, 0.1) is 23.7 Å². The van der Waals surface area contributed by atoms with Gasteiger partial charge in [0.05, 0.1) is 26.4 Å². The molecule has 0 aliphatic heterocycles. The van der Waals surface area contributed by atoms with Gasteiger partial charge in [0, 0.05) is 25.7 Å². The van der Waals surface area contributed by atoms with Crippen LogP contribution in [0.2, 0.25) is 0 Å². The van der Waals surface area contributed by atoms with E-state index >= 15 is 0 Å². The summed E-state index contributed by atoms with van der Waals surface area (Å²) in [6.07, 6.45) is 44.7. The minimum atomic E-state index is -4.95. The van der Waals surface area contributed by atoms with Gasteiger partial charge >= 0.3 is 39.5 Å². The average Bonchev–Trinajstić information content (AvgIpc) is 3.67. The highest BCUT2D eigenvalue weighted by atomic mass is 31.2. The molecule has 0 aromatic carbocycles. The van der Waals surface area contributed by atoms with Crippen molar-refractivity contribution in [2.45, 2.75) is 375 Å². The summed E-state index contributed by atoms with van der Waals surface area (Å²) in [5, 5.41) is 10.6. The van der Waals surface area contributed by atoms with E-state index in [1.54, 1.807) is 0 Å². The van der Waals surface area contributed by atoms with Gasteiger partial charge in [0.25, 0.3) is 0 Å². The number of rotatable bonds is 69. The Balaban J connectivity index is 5.20. The van der Waals surface area contributed by atoms with Crippen molar-refractivity contribution < 1.29 is 80.2 Å². The molecular formula is C72H140O17P2. The average molecular weight is 1340 g/mol. The van der Waals surface area contributed by atoms with Gasteiger partial charge < -0.3 is 33.8 Å². The predicted octanol–water partition coefficient (Wildman–Crippen LogP) is 20.5. The van der Waals surface area contributed by atoms with Crippen molar-refractivity contribution in [3.63, 3.8) is 0 Å². The summed E-state index contributed by atoms with van der Waals surface area (Å²) in [5.41, 5.74) is 0. The van der Waals surface area contributed by atoms with E-state index in [0.717, 1.165) is 108 Å². The lowest BCUT2D eigenvalue weighted by Gasteiger charge is -2.21. The highest BCUT2D eigenvalue weighted by molar-refractivity contribution is 7.47. The number of carbonyl (C=O) groups excluding carboxylic acids is 4. The molecule has 91 heavy (non-hydrogen) atoms. The summed E-state index contributed by atoms with van der Waals surface area (Å²) in [5.74, 6) is 0.822. The maximum absolute atomic E-state index is 13.0. The molecule has 0 saturated heterocycles. The number of aliphatic hydroxyl groups excluding tert-OH is 1. The van der Waals surface area contributed by atoms with Crippen molar-refractivity contribution in [2.24, 2.45) is 23.7 Å². The molecular weight excluding hydrogens is 1200 g/mol. The molecule has 0 aliphatic rings. The quantitative estimate of drug-likeness (QED) is 0.0222. The topological polar surface area (TPSA) is 237 Å². The number of hydrogen-bond acceptors (Lipinski definition) is 15. The third kappa shape index (κ3) is 66.5. The molecule has 0 aromatic rings. The summed E-state index contributed by atoms with van der Waals surface area (Å²) in [4.78, 5) is 72.6. The van der Waals surface area contributed by atoms with E-state index in [-0.39, 0.29) is 25.7 Å². The summed E-state index contributed by atoms with van der Waals surface area (Å²) in [6.45, 7) is 14.1. The second-order valence-corrected chi connectivity index (χ2v) is 30.8. The van der Waals surface area contributed by atoms with Crippen LogP contribution >= 0.6 is 15.6 Å². The lowest BCUT2D eigenvalue weighted by molar-refractivity contribution is -0.161. The van der Waals surface area contributed by atoms with E-state index in [0.29, 0.717) is 37.5 Å². The molecule has 0 aromatic heterocycles. The van der Waals surface area contributed by atoms with Crippen molar-refractivity contribution in [1.29, 1.82) is 0 Å². The molecule has 0 spiro atoms. The van der Waals surface area contributed by atoms with Gasteiger partial charge in [-0.15, -0.1) is 0 Å². The van der Waals surface area contributed by atoms with Crippen LogP contribution in [0.5, 0.6) is 0 Å². The molecule has 0 amide bonds. The Morgan fingerprint density at radius 1 is 0.275 bits per heavy atom. The van der Waals surface area contributed by atoms with Gasteiger partial charge in [0.15, 0.2) is 12.2 Å². The molecule has 0 rings (SSSR count). The van der Waals surface area contributed by atoms with Crippen molar-refractivity contribution in [3.05, 3.63) is 0 Å². The van der Waals surface area contributed by atoms with Crippen LogP contribution in [0.3, 0.4) is 0 Å². The third-order valence-electron chi connectivity index (χ3n) is 16.6. The first kappa shape index (κ1) is 89.1. The van der Waals surface area contributed by atoms with Crippen molar-refractivity contribution in [1.82, 2.24) is 0 Å². The highest BCUT2D eigenvalue weighted by Crippen LogP contribution is 2.45. The van der Waals surface area contributed by atoms with E-state index in [1.165, 1.54) is 154 Å². The number of phosphoric acid groups is 2. The Morgan fingerprint density at radius 3 is 0.681 bits per heavy atom. The zero-order valence-electron chi connectivity index (χ0n) is 59.5.